The van der Waals surface area contributed by atoms with E-state index < -0.39 is 11.3 Å². The van der Waals surface area contributed by atoms with Crippen LogP contribution < -0.4 is 10.7 Å². The monoisotopic (exact) mass is 417 g/mol. The second kappa shape index (κ2) is 7.44. The number of aryl methyl sites for hydroxylation is 2. The normalized spacial score (nSPS) is 18.3. The van der Waals surface area contributed by atoms with E-state index in [0.717, 1.165) is 11.1 Å². The van der Waals surface area contributed by atoms with Gasteiger partial charge in [0.15, 0.2) is 0 Å². The molecular formula is C19H17ClFN5OS. The Labute approximate surface area is 170 Å². The molecule has 28 heavy (non-hydrogen) atoms. The average molecular weight is 418 g/mol. The van der Waals surface area contributed by atoms with E-state index in [9.17, 15) is 9.18 Å². The quantitative estimate of drug-likeness (QED) is 0.671. The predicted octanol–water partition coefficient (Wildman–Crippen LogP) is 4.09. The molecule has 144 valence electrons. The van der Waals surface area contributed by atoms with Gasteiger partial charge >= 0.3 is 0 Å². The molecule has 1 amide bonds. The number of nitrogens with zero attached hydrogens (tertiary/aromatic N) is 3. The number of carbonyl (C=O) groups excluding carboxylic acids is 1. The highest BCUT2D eigenvalue weighted by atomic mass is 35.5. The SMILES string of the molecule is Cc1ccc(NC(=O)[C@H]2Sc3nnc(C)n3N[C@H]2c2ccc(F)cc2)cc1Cl. The molecule has 1 aromatic heterocycles. The average Bonchev–Trinajstić information content (AvgIpc) is 3.04. The largest absolute Gasteiger partial charge is 0.325 e. The topological polar surface area (TPSA) is 71.8 Å². The minimum atomic E-state index is -0.540. The van der Waals surface area contributed by atoms with Gasteiger partial charge in [0, 0.05) is 10.7 Å². The molecule has 3 aromatic rings. The first-order valence-corrected chi connectivity index (χ1v) is 9.86. The summed E-state index contributed by atoms with van der Waals surface area (Å²) in [6, 6.07) is 11.1. The summed E-state index contributed by atoms with van der Waals surface area (Å²) in [6.45, 7) is 3.72. The highest BCUT2D eigenvalue weighted by molar-refractivity contribution is 8.00. The minimum absolute atomic E-state index is 0.210. The summed E-state index contributed by atoms with van der Waals surface area (Å²) in [5.74, 6) is 0.140. The van der Waals surface area contributed by atoms with Crippen LogP contribution >= 0.6 is 23.4 Å². The highest BCUT2D eigenvalue weighted by Crippen LogP contribution is 2.37. The van der Waals surface area contributed by atoms with Crippen molar-refractivity contribution in [2.24, 2.45) is 0 Å². The fourth-order valence-corrected chi connectivity index (χ4v) is 4.27. The van der Waals surface area contributed by atoms with Gasteiger partial charge in [-0.15, -0.1) is 10.2 Å². The molecule has 2 aromatic carbocycles. The van der Waals surface area contributed by atoms with Gasteiger partial charge in [0.1, 0.15) is 16.9 Å². The van der Waals surface area contributed by atoms with Gasteiger partial charge in [-0.1, -0.05) is 41.6 Å². The lowest BCUT2D eigenvalue weighted by atomic mass is 10.0. The van der Waals surface area contributed by atoms with E-state index in [4.69, 9.17) is 11.6 Å². The predicted molar refractivity (Wildman–Crippen MR) is 108 cm³/mol. The van der Waals surface area contributed by atoms with Crippen molar-refractivity contribution in [2.45, 2.75) is 30.3 Å². The van der Waals surface area contributed by atoms with Crippen LogP contribution in [0.4, 0.5) is 10.1 Å². The summed E-state index contributed by atoms with van der Waals surface area (Å²) in [5.41, 5.74) is 5.61. The molecule has 4 rings (SSSR count). The zero-order valence-electron chi connectivity index (χ0n) is 15.1. The number of thioether (sulfide) groups is 1. The Morgan fingerprint density at radius 3 is 2.68 bits per heavy atom. The standard InChI is InChI=1S/C19H17ClFN5OS/c1-10-3-8-14(9-15(10)20)22-18(27)17-16(12-4-6-13(21)7-5-12)25-26-11(2)23-24-19(26)28-17/h3-9,16-17,25H,1-2H3,(H,22,27)/t16-,17-/m0/s1. The Hall–Kier alpha value is -2.58. The summed E-state index contributed by atoms with van der Waals surface area (Å²) in [6.07, 6.45) is 0. The molecule has 6 nitrogen and oxygen atoms in total. The number of rotatable bonds is 3. The van der Waals surface area contributed by atoms with Gasteiger partial charge in [0.25, 0.3) is 0 Å². The Bertz CT molecular complexity index is 1040. The number of benzene rings is 2. The van der Waals surface area contributed by atoms with Crippen molar-refractivity contribution in [3.05, 3.63) is 70.3 Å². The molecule has 0 fully saturated rings. The Morgan fingerprint density at radius 2 is 1.96 bits per heavy atom. The Morgan fingerprint density at radius 1 is 1.21 bits per heavy atom. The van der Waals surface area contributed by atoms with Crippen LogP contribution in [-0.2, 0) is 4.79 Å². The van der Waals surface area contributed by atoms with Gasteiger partial charge < -0.3 is 10.7 Å². The first-order chi connectivity index (χ1) is 13.4. The Kier molecular flexibility index (Phi) is 4.99. The maximum Gasteiger partial charge on any atom is 0.240 e. The summed E-state index contributed by atoms with van der Waals surface area (Å²) in [5, 5.41) is 11.7. The zero-order chi connectivity index (χ0) is 19.8. The fourth-order valence-electron chi connectivity index (χ4n) is 2.96. The summed E-state index contributed by atoms with van der Waals surface area (Å²) in [4.78, 5) is 13.1. The maximum absolute atomic E-state index is 13.4. The smallest absolute Gasteiger partial charge is 0.240 e. The molecular weight excluding hydrogens is 401 g/mol. The number of aromatic nitrogens is 3. The van der Waals surface area contributed by atoms with Crippen LogP contribution in [0, 0.1) is 19.7 Å². The molecule has 0 bridgehead atoms. The number of fused-ring (bicyclic) bond motifs is 1. The molecule has 1 aliphatic heterocycles. The van der Waals surface area contributed by atoms with Crippen molar-refractivity contribution in [1.82, 2.24) is 14.9 Å². The van der Waals surface area contributed by atoms with E-state index in [0.29, 0.717) is 21.7 Å². The van der Waals surface area contributed by atoms with Gasteiger partial charge in [-0.3, -0.25) is 4.79 Å². The molecule has 0 unspecified atom stereocenters. The first-order valence-electron chi connectivity index (χ1n) is 8.60. The van der Waals surface area contributed by atoms with E-state index in [1.54, 1.807) is 28.9 Å². The molecule has 0 radical (unpaired) electrons. The van der Waals surface area contributed by atoms with E-state index in [1.165, 1.54) is 23.9 Å². The van der Waals surface area contributed by atoms with Crippen molar-refractivity contribution >= 4 is 35.0 Å². The number of amides is 1. The first kappa shape index (κ1) is 18.8. The van der Waals surface area contributed by atoms with E-state index in [2.05, 4.69) is 20.9 Å². The van der Waals surface area contributed by atoms with Gasteiger partial charge in [0.2, 0.25) is 11.1 Å². The summed E-state index contributed by atoms with van der Waals surface area (Å²) in [7, 11) is 0. The second-order valence-corrected chi connectivity index (χ2v) is 8.03. The van der Waals surface area contributed by atoms with Crippen LogP contribution in [0.3, 0.4) is 0 Å². The molecule has 0 aliphatic carbocycles. The number of carbonyl (C=O) groups is 1. The number of nitrogens with one attached hydrogen (secondary N) is 2. The number of hydrogen-bond acceptors (Lipinski definition) is 5. The minimum Gasteiger partial charge on any atom is -0.325 e. The van der Waals surface area contributed by atoms with Crippen LogP contribution in [0.2, 0.25) is 5.02 Å². The van der Waals surface area contributed by atoms with Crippen molar-refractivity contribution in [1.29, 1.82) is 0 Å². The van der Waals surface area contributed by atoms with Crippen molar-refractivity contribution in [2.75, 3.05) is 10.7 Å². The third-order valence-corrected chi connectivity index (χ3v) is 6.15. The lowest BCUT2D eigenvalue weighted by Crippen LogP contribution is -2.41. The van der Waals surface area contributed by atoms with Crippen molar-refractivity contribution < 1.29 is 9.18 Å². The van der Waals surface area contributed by atoms with Gasteiger partial charge in [0.05, 0.1) is 6.04 Å². The Balaban J connectivity index is 1.65. The van der Waals surface area contributed by atoms with Crippen LogP contribution in [0.5, 0.6) is 0 Å². The van der Waals surface area contributed by atoms with E-state index >= 15 is 0 Å². The third kappa shape index (κ3) is 3.57. The molecule has 9 heteroatoms. The number of hydrogen-bond donors (Lipinski definition) is 2. The number of halogens is 2. The van der Waals surface area contributed by atoms with Crippen LogP contribution in [-0.4, -0.2) is 26.0 Å². The van der Waals surface area contributed by atoms with Gasteiger partial charge in [-0.05, 0) is 49.2 Å². The lowest BCUT2D eigenvalue weighted by molar-refractivity contribution is -0.116. The molecule has 0 spiro atoms. The van der Waals surface area contributed by atoms with Gasteiger partial charge in [-0.25, -0.2) is 9.07 Å². The van der Waals surface area contributed by atoms with Crippen LogP contribution in [0.25, 0.3) is 0 Å². The van der Waals surface area contributed by atoms with Crippen molar-refractivity contribution in [3.8, 4) is 0 Å². The molecule has 0 saturated heterocycles. The highest BCUT2D eigenvalue weighted by Gasteiger charge is 2.37. The molecule has 2 N–H and O–H groups in total. The van der Waals surface area contributed by atoms with E-state index in [-0.39, 0.29) is 11.7 Å². The van der Waals surface area contributed by atoms with Crippen LogP contribution in [0.15, 0.2) is 47.6 Å². The van der Waals surface area contributed by atoms with Gasteiger partial charge in [-0.2, -0.15) is 0 Å². The van der Waals surface area contributed by atoms with Crippen LogP contribution in [0.1, 0.15) is 23.0 Å². The van der Waals surface area contributed by atoms with Crippen molar-refractivity contribution in [3.63, 3.8) is 0 Å². The molecule has 0 saturated carbocycles. The molecule has 2 atom stereocenters. The maximum atomic E-state index is 13.4. The second-order valence-electron chi connectivity index (χ2n) is 6.52. The third-order valence-electron chi connectivity index (χ3n) is 4.53. The summed E-state index contributed by atoms with van der Waals surface area (Å²) >= 11 is 7.47. The zero-order valence-corrected chi connectivity index (χ0v) is 16.7. The fraction of sp³-hybridized carbons (Fsp3) is 0.211. The molecule has 1 aliphatic rings. The number of anilines is 1. The van der Waals surface area contributed by atoms with E-state index in [1.807, 2.05) is 19.9 Å². The molecule has 2 heterocycles. The lowest BCUT2D eigenvalue weighted by Gasteiger charge is -2.32. The summed E-state index contributed by atoms with van der Waals surface area (Å²) < 4.78 is 15.1.